The predicted octanol–water partition coefficient (Wildman–Crippen LogP) is 3.53. The minimum absolute atomic E-state index is 0.263. The van der Waals surface area contributed by atoms with Gasteiger partial charge in [-0.15, -0.1) is 0 Å². The van der Waals surface area contributed by atoms with Gasteiger partial charge in [0.2, 0.25) is 5.88 Å². The third-order valence-electron chi connectivity index (χ3n) is 5.71. The van der Waals surface area contributed by atoms with Gasteiger partial charge in [-0.1, -0.05) is 6.07 Å². The molecule has 1 atom stereocenters. The number of anilines is 1. The molecule has 1 aromatic carbocycles. The minimum Gasteiger partial charge on any atom is -0.493 e. The second-order valence-electron chi connectivity index (χ2n) is 7.36. The molecule has 2 aliphatic rings. The van der Waals surface area contributed by atoms with E-state index in [2.05, 4.69) is 0 Å². The van der Waals surface area contributed by atoms with Crippen LogP contribution in [0.4, 0.5) is 5.69 Å². The number of pyridine rings is 1. The van der Waals surface area contributed by atoms with Crippen molar-refractivity contribution in [3.05, 3.63) is 51.9 Å². The van der Waals surface area contributed by atoms with Gasteiger partial charge in [-0.2, -0.15) is 0 Å². The Balaban J connectivity index is 1.96. The Morgan fingerprint density at radius 2 is 2.00 bits per heavy atom. The summed E-state index contributed by atoms with van der Waals surface area (Å²) in [6, 6.07) is 5.58. The first-order chi connectivity index (χ1) is 14.5. The number of hydrogen-bond acceptors (Lipinski definition) is 7. The van der Waals surface area contributed by atoms with E-state index in [1.165, 1.54) is 0 Å². The Hall–Kier alpha value is -3.22. The van der Waals surface area contributed by atoms with Gasteiger partial charge in [0, 0.05) is 11.4 Å². The second-order valence-corrected chi connectivity index (χ2v) is 7.36. The number of nitrogens with zero attached hydrogens (tertiary/aromatic N) is 1. The number of allylic oxidation sites excluding steroid dienone is 1. The maximum atomic E-state index is 12.9. The topological polar surface area (TPSA) is 92.9 Å². The number of benzene rings is 1. The third-order valence-corrected chi connectivity index (χ3v) is 5.71. The van der Waals surface area contributed by atoms with Crippen molar-refractivity contribution >= 4 is 11.7 Å². The SMILES string of the molecule is CCOC(=O)C1=C(C)Oc2nc3c(c(N)c2[C@H]1c1ccc(OC)c(OC)c1)CCC3. The van der Waals surface area contributed by atoms with Crippen LogP contribution in [0.3, 0.4) is 0 Å². The van der Waals surface area contributed by atoms with Crippen LogP contribution in [-0.2, 0) is 22.4 Å². The minimum atomic E-state index is -0.481. The lowest BCUT2D eigenvalue weighted by Gasteiger charge is -2.30. The summed E-state index contributed by atoms with van der Waals surface area (Å²) in [4.78, 5) is 17.7. The zero-order valence-electron chi connectivity index (χ0n) is 17.7. The number of aryl methyl sites for hydroxylation is 1. The monoisotopic (exact) mass is 410 g/mol. The molecule has 30 heavy (non-hydrogen) atoms. The molecule has 0 saturated carbocycles. The first-order valence-electron chi connectivity index (χ1n) is 10.1. The van der Waals surface area contributed by atoms with Crippen LogP contribution in [0.1, 0.15) is 48.6 Å². The molecule has 7 nitrogen and oxygen atoms in total. The van der Waals surface area contributed by atoms with Gasteiger partial charge >= 0.3 is 5.97 Å². The van der Waals surface area contributed by atoms with Crippen LogP contribution in [0.2, 0.25) is 0 Å². The van der Waals surface area contributed by atoms with Crippen molar-refractivity contribution in [2.75, 3.05) is 26.6 Å². The summed E-state index contributed by atoms with van der Waals surface area (Å²) < 4.78 is 22.2. The van der Waals surface area contributed by atoms with Crippen LogP contribution in [0.15, 0.2) is 29.5 Å². The first kappa shape index (κ1) is 20.1. The van der Waals surface area contributed by atoms with Crippen LogP contribution in [0, 0.1) is 0 Å². The molecule has 158 valence electrons. The molecule has 0 bridgehead atoms. The molecule has 0 amide bonds. The van der Waals surface area contributed by atoms with E-state index in [0.29, 0.717) is 40.0 Å². The number of hydrogen-bond donors (Lipinski definition) is 1. The highest BCUT2D eigenvalue weighted by molar-refractivity contribution is 5.93. The van der Waals surface area contributed by atoms with Gasteiger partial charge in [-0.3, -0.25) is 0 Å². The van der Waals surface area contributed by atoms with Crippen molar-refractivity contribution in [3.8, 4) is 17.4 Å². The maximum absolute atomic E-state index is 12.9. The molecule has 2 aromatic rings. The summed E-state index contributed by atoms with van der Waals surface area (Å²) in [6.07, 6.45) is 2.76. The zero-order valence-corrected chi connectivity index (χ0v) is 17.7. The summed E-state index contributed by atoms with van der Waals surface area (Å²) in [5, 5.41) is 0. The predicted molar refractivity (Wildman–Crippen MR) is 112 cm³/mol. The number of rotatable bonds is 5. The van der Waals surface area contributed by atoms with Gasteiger partial charge in [0.1, 0.15) is 5.76 Å². The highest BCUT2D eigenvalue weighted by Gasteiger charge is 2.39. The lowest BCUT2D eigenvalue weighted by atomic mass is 9.81. The van der Waals surface area contributed by atoms with E-state index in [1.807, 2.05) is 18.2 Å². The number of ether oxygens (including phenoxy) is 4. The molecule has 0 saturated heterocycles. The van der Waals surface area contributed by atoms with E-state index < -0.39 is 11.9 Å². The molecule has 0 spiro atoms. The van der Waals surface area contributed by atoms with Gasteiger partial charge in [0.05, 0.1) is 37.9 Å². The lowest BCUT2D eigenvalue weighted by Crippen LogP contribution is -2.25. The maximum Gasteiger partial charge on any atom is 0.338 e. The molecule has 1 aliphatic carbocycles. The van der Waals surface area contributed by atoms with Crippen LogP contribution >= 0.6 is 0 Å². The Bertz CT molecular complexity index is 1040. The van der Waals surface area contributed by atoms with Crippen LogP contribution in [0.5, 0.6) is 17.4 Å². The van der Waals surface area contributed by atoms with Crippen LogP contribution < -0.4 is 19.9 Å². The molecule has 1 aliphatic heterocycles. The third kappa shape index (κ3) is 3.14. The van der Waals surface area contributed by atoms with E-state index in [0.717, 1.165) is 36.1 Å². The molecule has 0 fully saturated rings. The molecule has 7 heteroatoms. The van der Waals surface area contributed by atoms with Gasteiger partial charge < -0.3 is 24.7 Å². The highest BCUT2D eigenvalue weighted by Crippen LogP contribution is 2.49. The fraction of sp³-hybridized carbons (Fsp3) is 0.391. The number of nitrogens with two attached hydrogens (primary N) is 1. The Kier molecular flexibility index (Phi) is 5.28. The number of esters is 1. The van der Waals surface area contributed by atoms with E-state index in [9.17, 15) is 4.79 Å². The summed E-state index contributed by atoms with van der Waals surface area (Å²) in [5.41, 5.74) is 11.3. The number of fused-ring (bicyclic) bond motifs is 2. The van der Waals surface area contributed by atoms with Crippen LogP contribution in [0.25, 0.3) is 0 Å². The fourth-order valence-electron chi connectivity index (χ4n) is 4.34. The van der Waals surface area contributed by atoms with Gasteiger partial charge in [0.25, 0.3) is 0 Å². The van der Waals surface area contributed by atoms with Crippen molar-refractivity contribution in [3.63, 3.8) is 0 Å². The highest BCUT2D eigenvalue weighted by atomic mass is 16.5. The van der Waals surface area contributed by atoms with Crippen molar-refractivity contribution in [1.82, 2.24) is 4.98 Å². The largest absolute Gasteiger partial charge is 0.493 e. The molecule has 0 unspecified atom stereocenters. The van der Waals surface area contributed by atoms with Crippen molar-refractivity contribution in [2.24, 2.45) is 0 Å². The summed E-state index contributed by atoms with van der Waals surface area (Å²) in [6.45, 7) is 3.80. The second kappa shape index (κ2) is 7.89. The Labute approximate surface area is 175 Å². The Morgan fingerprint density at radius 1 is 1.23 bits per heavy atom. The molecular formula is C23H26N2O5. The standard InChI is InChI=1S/C23H26N2O5/c1-5-29-23(26)18-12(2)30-22-20(21(24)14-7-6-8-15(14)25-22)19(18)13-9-10-16(27-3)17(11-13)28-4/h9-11,19H,5-8H2,1-4H3,(H2,24,25)/t19-/m0/s1. The van der Waals surface area contributed by atoms with Crippen molar-refractivity contribution in [2.45, 2.75) is 39.0 Å². The van der Waals surface area contributed by atoms with Gasteiger partial charge in [-0.25, -0.2) is 9.78 Å². The normalized spacial score (nSPS) is 17.1. The molecule has 2 heterocycles. The average Bonchev–Trinajstić information content (AvgIpc) is 3.21. The lowest BCUT2D eigenvalue weighted by molar-refractivity contribution is -0.139. The molecular weight excluding hydrogens is 384 g/mol. The molecule has 0 radical (unpaired) electrons. The van der Waals surface area contributed by atoms with E-state index in [-0.39, 0.29) is 6.61 Å². The zero-order chi connectivity index (χ0) is 21.4. The Morgan fingerprint density at radius 3 is 2.70 bits per heavy atom. The number of carbonyl (C=O) groups excluding carboxylic acids is 1. The first-order valence-corrected chi connectivity index (χ1v) is 10.1. The summed E-state index contributed by atoms with van der Waals surface area (Å²) in [5.74, 6) is 1.18. The van der Waals surface area contributed by atoms with E-state index in [1.54, 1.807) is 28.1 Å². The average molecular weight is 410 g/mol. The van der Waals surface area contributed by atoms with Crippen molar-refractivity contribution < 1.29 is 23.7 Å². The summed E-state index contributed by atoms with van der Waals surface area (Å²) >= 11 is 0. The molecule has 2 N–H and O–H groups in total. The van der Waals surface area contributed by atoms with Crippen LogP contribution in [-0.4, -0.2) is 31.8 Å². The van der Waals surface area contributed by atoms with Crippen molar-refractivity contribution in [1.29, 1.82) is 0 Å². The molecule has 4 rings (SSSR count). The van der Waals surface area contributed by atoms with E-state index in [4.69, 9.17) is 29.7 Å². The fourth-order valence-corrected chi connectivity index (χ4v) is 4.34. The number of methoxy groups -OCH3 is 2. The number of carbonyl (C=O) groups is 1. The smallest absolute Gasteiger partial charge is 0.338 e. The van der Waals surface area contributed by atoms with E-state index >= 15 is 0 Å². The quantitative estimate of drug-likeness (QED) is 0.754. The van der Waals surface area contributed by atoms with Gasteiger partial charge in [0.15, 0.2) is 11.5 Å². The summed E-state index contributed by atoms with van der Waals surface area (Å²) in [7, 11) is 3.16. The van der Waals surface area contributed by atoms with Gasteiger partial charge in [-0.05, 0) is 56.4 Å². The number of aromatic nitrogens is 1. The molecule has 1 aromatic heterocycles. The number of nitrogen functional groups attached to an aromatic ring is 1.